The smallest absolute Gasteiger partial charge is 0.217 e. The number of rotatable bonds is 2. The summed E-state index contributed by atoms with van der Waals surface area (Å²) in [5, 5.41) is 39.2. The zero-order valence-electron chi connectivity index (χ0n) is 15.7. The summed E-state index contributed by atoms with van der Waals surface area (Å²) in [4.78, 5) is 0. The second-order valence-corrected chi connectivity index (χ2v) is 7.90. The van der Waals surface area contributed by atoms with Crippen molar-refractivity contribution in [3.05, 3.63) is 29.8 Å². The van der Waals surface area contributed by atoms with Crippen LogP contribution in [0.25, 0.3) is 0 Å². The molecule has 0 radical (unpaired) electrons. The molecule has 1 aromatic carbocycles. The molecule has 2 heterocycles. The Kier molecular flexibility index (Phi) is 3.89. The van der Waals surface area contributed by atoms with Gasteiger partial charge in [0.15, 0.2) is 5.41 Å². The molecule has 0 aromatic heterocycles. The number of nitrogens with zero attached hydrogens (tertiary/aromatic N) is 3. The standard InChI is InChI=1S/C21H20N4O3/c1-13-6-7-21-16(8-13)20(12-24,18(25)28-21)19(10-22,11-23)17(27-21)14-4-3-5-15(9-14)26-2/h3-5,9,13,16-17,25H,6-8H2,1-2H3. The van der Waals surface area contributed by atoms with Crippen LogP contribution in [-0.2, 0) is 9.47 Å². The molecule has 5 atom stereocenters. The lowest BCUT2D eigenvalue weighted by Crippen LogP contribution is -2.60. The van der Waals surface area contributed by atoms with E-state index < -0.39 is 28.6 Å². The molecule has 1 saturated carbocycles. The van der Waals surface area contributed by atoms with Gasteiger partial charge in [-0.25, -0.2) is 0 Å². The maximum atomic E-state index is 10.3. The predicted octanol–water partition coefficient (Wildman–Crippen LogP) is 3.45. The SMILES string of the molecule is COc1cccc(C2OC34CCC(C)CC3C(C#N)(C(=N)O4)C2(C#N)C#N)c1. The molecule has 0 amide bonds. The van der Waals surface area contributed by atoms with Gasteiger partial charge in [-0.15, -0.1) is 0 Å². The lowest BCUT2D eigenvalue weighted by atomic mass is 9.50. The molecular formula is C21H20N4O3. The minimum absolute atomic E-state index is 0.285. The van der Waals surface area contributed by atoms with Crippen molar-refractivity contribution in [1.82, 2.24) is 0 Å². The van der Waals surface area contributed by atoms with Crippen LogP contribution in [0.15, 0.2) is 24.3 Å². The summed E-state index contributed by atoms with van der Waals surface area (Å²) in [6.07, 6.45) is 0.858. The van der Waals surface area contributed by atoms with E-state index in [0.29, 0.717) is 24.2 Å². The number of benzene rings is 1. The van der Waals surface area contributed by atoms with Gasteiger partial charge in [0.2, 0.25) is 17.1 Å². The van der Waals surface area contributed by atoms with Gasteiger partial charge in [0.1, 0.15) is 11.9 Å². The van der Waals surface area contributed by atoms with E-state index in [4.69, 9.17) is 19.6 Å². The molecule has 3 fully saturated rings. The van der Waals surface area contributed by atoms with Crippen molar-refractivity contribution in [1.29, 1.82) is 21.2 Å². The third-order valence-corrected chi connectivity index (χ3v) is 6.57. The van der Waals surface area contributed by atoms with Crippen LogP contribution in [0.3, 0.4) is 0 Å². The average molecular weight is 376 g/mol. The third-order valence-electron chi connectivity index (χ3n) is 6.57. The first-order valence-corrected chi connectivity index (χ1v) is 9.26. The topological polar surface area (TPSA) is 123 Å². The molecule has 2 aliphatic heterocycles. The van der Waals surface area contributed by atoms with Crippen LogP contribution in [0.5, 0.6) is 5.75 Å². The summed E-state index contributed by atoms with van der Waals surface area (Å²) in [5.41, 5.74) is -3.04. The van der Waals surface area contributed by atoms with Gasteiger partial charge in [0.25, 0.3) is 0 Å². The summed E-state index contributed by atoms with van der Waals surface area (Å²) in [6, 6.07) is 13.3. The molecule has 1 aromatic rings. The zero-order valence-corrected chi connectivity index (χ0v) is 15.7. The predicted molar refractivity (Wildman–Crippen MR) is 96.6 cm³/mol. The fraction of sp³-hybridized carbons (Fsp3) is 0.524. The average Bonchev–Trinajstić information content (AvgIpc) is 2.91. The highest BCUT2D eigenvalue weighted by Gasteiger charge is 2.80. The number of methoxy groups -OCH3 is 1. The molecule has 5 unspecified atom stereocenters. The molecule has 0 spiro atoms. The highest BCUT2D eigenvalue weighted by atomic mass is 16.7. The minimum Gasteiger partial charge on any atom is -0.497 e. The van der Waals surface area contributed by atoms with Crippen molar-refractivity contribution in [3.63, 3.8) is 0 Å². The van der Waals surface area contributed by atoms with Crippen LogP contribution in [0, 0.1) is 62.1 Å². The highest BCUT2D eigenvalue weighted by molar-refractivity contribution is 5.89. The van der Waals surface area contributed by atoms with Gasteiger partial charge in [-0.2, -0.15) is 15.8 Å². The summed E-state index contributed by atoms with van der Waals surface area (Å²) >= 11 is 0. The van der Waals surface area contributed by atoms with Gasteiger partial charge in [0.05, 0.1) is 31.2 Å². The van der Waals surface area contributed by atoms with Crippen LogP contribution in [0.1, 0.15) is 37.9 Å². The lowest BCUT2D eigenvalue weighted by molar-refractivity contribution is -0.298. The summed E-state index contributed by atoms with van der Waals surface area (Å²) in [5.74, 6) is -1.20. The zero-order chi connectivity index (χ0) is 20.2. The number of ether oxygens (including phenoxy) is 3. The Morgan fingerprint density at radius 1 is 1.21 bits per heavy atom. The van der Waals surface area contributed by atoms with Crippen LogP contribution in [0.4, 0.5) is 0 Å². The first-order valence-electron chi connectivity index (χ1n) is 9.26. The van der Waals surface area contributed by atoms with Gasteiger partial charge in [-0.3, -0.25) is 5.41 Å². The number of hydrogen-bond acceptors (Lipinski definition) is 7. The minimum atomic E-state index is -1.91. The Morgan fingerprint density at radius 2 is 1.96 bits per heavy atom. The maximum absolute atomic E-state index is 10.3. The van der Waals surface area contributed by atoms with Crippen LogP contribution in [0.2, 0.25) is 0 Å². The van der Waals surface area contributed by atoms with Crippen molar-refractivity contribution >= 4 is 5.90 Å². The normalized spacial score (nSPS) is 37.5. The van der Waals surface area contributed by atoms with E-state index in [0.717, 1.165) is 6.42 Å². The van der Waals surface area contributed by atoms with Crippen LogP contribution < -0.4 is 4.74 Å². The first-order chi connectivity index (χ1) is 13.4. The molecule has 3 aliphatic rings. The second kappa shape index (κ2) is 5.96. The molecule has 7 heteroatoms. The van der Waals surface area contributed by atoms with Gasteiger partial charge in [-0.1, -0.05) is 19.1 Å². The van der Waals surface area contributed by atoms with Crippen molar-refractivity contribution < 1.29 is 14.2 Å². The molecule has 1 N–H and O–H groups in total. The number of nitriles is 3. The molecular weight excluding hydrogens is 356 g/mol. The van der Waals surface area contributed by atoms with E-state index in [-0.39, 0.29) is 11.8 Å². The molecule has 4 rings (SSSR count). The van der Waals surface area contributed by atoms with Gasteiger partial charge < -0.3 is 14.2 Å². The Morgan fingerprint density at radius 3 is 2.61 bits per heavy atom. The summed E-state index contributed by atoms with van der Waals surface area (Å²) in [6.45, 7) is 2.07. The summed E-state index contributed by atoms with van der Waals surface area (Å²) < 4.78 is 17.6. The monoisotopic (exact) mass is 376 g/mol. The molecule has 2 saturated heterocycles. The number of nitrogens with one attached hydrogen (secondary N) is 1. The van der Waals surface area contributed by atoms with Crippen molar-refractivity contribution in [2.75, 3.05) is 7.11 Å². The Hall–Kier alpha value is -3.08. The summed E-state index contributed by atoms with van der Waals surface area (Å²) in [7, 11) is 1.53. The molecule has 28 heavy (non-hydrogen) atoms. The van der Waals surface area contributed by atoms with Gasteiger partial charge in [-0.05, 0) is 36.5 Å². The molecule has 1 aliphatic carbocycles. The quantitative estimate of drug-likeness (QED) is 0.843. The fourth-order valence-corrected chi connectivity index (χ4v) is 5.13. The van der Waals surface area contributed by atoms with Gasteiger partial charge >= 0.3 is 0 Å². The van der Waals surface area contributed by atoms with Gasteiger partial charge in [0, 0.05) is 6.42 Å². The largest absolute Gasteiger partial charge is 0.497 e. The van der Waals surface area contributed by atoms with Crippen molar-refractivity contribution in [2.24, 2.45) is 22.7 Å². The maximum Gasteiger partial charge on any atom is 0.217 e. The van der Waals surface area contributed by atoms with E-state index in [1.165, 1.54) is 7.11 Å². The molecule has 7 nitrogen and oxygen atoms in total. The van der Waals surface area contributed by atoms with E-state index in [2.05, 4.69) is 25.1 Å². The highest BCUT2D eigenvalue weighted by Crippen LogP contribution is 2.69. The second-order valence-electron chi connectivity index (χ2n) is 7.90. The molecule has 142 valence electrons. The van der Waals surface area contributed by atoms with Crippen LogP contribution >= 0.6 is 0 Å². The van der Waals surface area contributed by atoms with E-state index in [9.17, 15) is 15.8 Å². The van der Waals surface area contributed by atoms with Crippen LogP contribution in [-0.4, -0.2) is 18.8 Å². The van der Waals surface area contributed by atoms with E-state index >= 15 is 0 Å². The molecule has 2 bridgehead atoms. The van der Waals surface area contributed by atoms with E-state index in [1.807, 2.05) is 0 Å². The van der Waals surface area contributed by atoms with E-state index in [1.54, 1.807) is 24.3 Å². The Balaban J connectivity index is 1.98. The fourth-order valence-electron chi connectivity index (χ4n) is 5.13. The third kappa shape index (κ3) is 1.96. The Labute approximate surface area is 163 Å². The Bertz CT molecular complexity index is 957. The first kappa shape index (κ1) is 18.3. The lowest BCUT2D eigenvalue weighted by Gasteiger charge is -2.52. The van der Waals surface area contributed by atoms with Crippen molar-refractivity contribution in [2.45, 2.75) is 38.1 Å². The van der Waals surface area contributed by atoms with Crippen molar-refractivity contribution in [3.8, 4) is 24.0 Å². The number of hydrogen-bond donors (Lipinski definition) is 1.